The molecule has 0 radical (unpaired) electrons. The number of aryl methyl sites for hydroxylation is 1. The number of hydrogen-bond acceptors (Lipinski definition) is 4. The van der Waals surface area contributed by atoms with Crippen molar-refractivity contribution in [1.82, 2.24) is 0 Å². The van der Waals surface area contributed by atoms with Gasteiger partial charge in [-0.15, -0.1) is 0 Å². The number of sulfonamides is 1. The molecule has 0 saturated heterocycles. The molecular formula is C24H23FN2O4S. The molecule has 3 aromatic carbocycles. The zero-order valence-electron chi connectivity index (χ0n) is 17.6. The molecule has 0 spiro atoms. The number of amides is 1. The number of rotatable bonds is 6. The minimum absolute atomic E-state index is 0.114. The lowest BCUT2D eigenvalue weighted by Crippen LogP contribution is -2.45. The molecule has 1 aliphatic rings. The van der Waals surface area contributed by atoms with E-state index in [-0.39, 0.29) is 16.5 Å². The molecule has 0 atom stereocenters. The molecule has 0 aliphatic carbocycles. The summed E-state index contributed by atoms with van der Waals surface area (Å²) in [4.78, 5) is 14.9. The zero-order valence-corrected chi connectivity index (χ0v) is 18.4. The smallest absolute Gasteiger partial charge is 0.264 e. The van der Waals surface area contributed by atoms with Gasteiger partial charge in [0.05, 0.1) is 17.7 Å². The predicted octanol–water partition coefficient (Wildman–Crippen LogP) is 4.01. The number of para-hydroxylation sites is 3. The van der Waals surface area contributed by atoms with E-state index in [1.807, 2.05) is 24.3 Å². The Balaban J connectivity index is 1.75. The summed E-state index contributed by atoms with van der Waals surface area (Å²) in [5.74, 6) is -0.590. The van der Waals surface area contributed by atoms with Crippen molar-refractivity contribution >= 4 is 27.3 Å². The highest BCUT2D eigenvalue weighted by Gasteiger charge is 2.32. The first-order valence-electron chi connectivity index (χ1n) is 10.2. The molecule has 1 amide bonds. The van der Waals surface area contributed by atoms with E-state index in [0.29, 0.717) is 12.3 Å². The fraction of sp³-hybridized carbons (Fsp3) is 0.208. The largest absolute Gasteiger partial charge is 0.495 e. The number of halogens is 1. The molecule has 0 N–H and O–H groups in total. The Labute approximate surface area is 186 Å². The van der Waals surface area contributed by atoms with E-state index in [1.54, 1.807) is 29.2 Å². The molecular weight excluding hydrogens is 431 g/mol. The van der Waals surface area contributed by atoms with Gasteiger partial charge < -0.3 is 9.64 Å². The van der Waals surface area contributed by atoms with E-state index < -0.39 is 22.4 Å². The van der Waals surface area contributed by atoms with Crippen molar-refractivity contribution in [2.45, 2.75) is 17.7 Å². The third kappa shape index (κ3) is 4.18. The Bertz CT molecular complexity index is 1230. The SMILES string of the molecule is COc1ccccc1N(CC(=O)N1CCCc2ccccc21)S(=O)(=O)c1ccc(F)cc1. The van der Waals surface area contributed by atoms with Crippen LogP contribution >= 0.6 is 0 Å². The molecule has 32 heavy (non-hydrogen) atoms. The fourth-order valence-electron chi connectivity index (χ4n) is 3.87. The number of anilines is 2. The van der Waals surface area contributed by atoms with E-state index in [4.69, 9.17) is 4.74 Å². The average Bonchev–Trinajstić information content (AvgIpc) is 2.82. The van der Waals surface area contributed by atoms with Gasteiger partial charge in [-0.05, 0) is 60.9 Å². The topological polar surface area (TPSA) is 66.9 Å². The zero-order chi connectivity index (χ0) is 22.7. The highest BCUT2D eigenvalue weighted by atomic mass is 32.2. The molecule has 3 aromatic rings. The van der Waals surface area contributed by atoms with E-state index in [1.165, 1.54) is 19.2 Å². The van der Waals surface area contributed by atoms with Gasteiger partial charge in [-0.1, -0.05) is 30.3 Å². The van der Waals surface area contributed by atoms with Gasteiger partial charge in [0.15, 0.2) is 0 Å². The summed E-state index contributed by atoms with van der Waals surface area (Å²) in [6, 6.07) is 18.8. The maximum absolute atomic E-state index is 13.6. The van der Waals surface area contributed by atoms with E-state index in [0.717, 1.165) is 40.5 Å². The van der Waals surface area contributed by atoms with Crippen molar-refractivity contribution in [2.24, 2.45) is 0 Å². The number of nitrogens with zero attached hydrogens (tertiary/aromatic N) is 2. The Morgan fingerprint density at radius 2 is 1.72 bits per heavy atom. The van der Waals surface area contributed by atoms with Crippen LogP contribution in [-0.4, -0.2) is 34.5 Å². The first-order chi connectivity index (χ1) is 15.4. The fourth-order valence-corrected chi connectivity index (χ4v) is 5.29. The van der Waals surface area contributed by atoms with Crippen LogP contribution in [0.25, 0.3) is 0 Å². The van der Waals surface area contributed by atoms with E-state index >= 15 is 0 Å². The normalized spacial score (nSPS) is 13.4. The van der Waals surface area contributed by atoms with E-state index in [9.17, 15) is 17.6 Å². The van der Waals surface area contributed by atoms with Crippen molar-refractivity contribution < 1.29 is 22.3 Å². The monoisotopic (exact) mass is 454 g/mol. The van der Waals surface area contributed by atoms with Gasteiger partial charge in [0.1, 0.15) is 18.1 Å². The predicted molar refractivity (Wildman–Crippen MR) is 121 cm³/mol. The molecule has 0 aromatic heterocycles. The summed E-state index contributed by atoms with van der Waals surface area (Å²) in [6.07, 6.45) is 1.66. The summed E-state index contributed by atoms with van der Waals surface area (Å²) in [5.41, 5.74) is 2.08. The molecule has 4 rings (SSSR count). The standard InChI is InChI=1S/C24H23FN2O4S/c1-31-23-11-5-4-10-22(23)27(32(29,30)20-14-12-19(25)13-15-20)17-24(28)26-16-6-8-18-7-2-3-9-21(18)26/h2-5,7,9-15H,6,8,16-17H2,1H3. The molecule has 0 bridgehead atoms. The van der Waals surface area contributed by atoms with Crippen LogP contribution in [0.15, 0.2) is 77.7 Å². The minimum atomic E-state index is -4.18. The van der Waals surface area contributed by atoms with Crippen LogP contribution in [0.3, 0.4) is 0 Å². The van der Waals surface area contributed by atoms with Crippen LogP contribution < -0.4 is 13.9 Å². The molecule has 0 unspecified atom stereocenters. The van der Waals surface area contributed by atoms with Crippen molar-refractivity contribution in [3.8, 4) is 5.75 Å². The second-order valence-corrected chi connectivity index (χ2v) is 9.28. The number of hydrogen-bond donors (Lipinski definition) is 0. The average molecular weight is 455 g/mol. The van der Waals surface area contributed by atoms with Gasteiger partial charge >= 0.3 is 0 Å². The summed E-state index contributed by atoms with van der Waals surface area (Å²) < 4.78 is 46.9. The Kier molecular flexibility index (Phi) is 6.14. The van der Waals surface area contributed by atoms with Crippen LogP contribution in [-0.2, 0) is 21.2 Å². The lowest BCUT2D eigenvalue weighted by atomic mass is 10.0. The highest BCUT2D eigenvalue weighted by molar-refractivity contribution is 7.92. The van der Waals surface area contributed by atoms with Gasteiger partial charge in [-0.2, -0.15) is 0 Å². The van der Waals surface area contributed by atoms with Gasteiger partial charge in [-0.3, -0.25) is 9.10 Å². The van der Waals surface area contributed by atoms with Crippen molar-refractivity contribution in [3.05, 3.63) is 84.2 Å². The van der Waals surface area contributed by atoms with Gasteiger partial charge in [0.2, 0.25) is 5.91 Å². The second kappa shape index (κ2) is 9.00. The number of benzene rings is 3. The number of ether oxygens (including phenoxy) is 1. The van der Waals surface area contributed by atoms with Crippen molar-refractivity contribution in [3.63, 3.8) is 0 Å². The lowest BCUT2D eigenvalue weighted by Gasteiger charge is -2.32. The van der Waals surface area contributed by atoms with Crippen LogP contribution in [0, 0.1) is 5.82 Å². The third-order valence-electron chi connectivity index (χ3n) is 5.45. The summed E-state index contributed by atoms with van der Waals surface area (Å²) >= 11 is 0. The van der Waals surface area contributed by atoms with Crippen molar-refractivity contribution in [1.29, 1.82) is 0 Å². The molecule has 1 aliphatic heterocycles. The Morgan fingerprint density at radius 3 is 2.47 bits per heavy atom. The van der Waals surface area contributed by atoms with Gasteiger partial charge in [0.25, 0.3) is 10.0 Å². The van der Waals surface area contributed by atoms with Crippen LogP contribution in [0.4, 0.5) is 15.8 Å². The summed E-state index contributed by atoms with van der Waals surface area (Å²) in [6.45, 7) is 0.0840. The Hall–Kier alpha value is -3.39. The number of methoxy groups -OCH3 is 1. The third-order valence-corrected chi connectivity index (χ3v) is 7.22. The molecule has 166 valence electrons. The number of carbonyl (C=O) groups is 1. The van der Waals surface area contributed by atoms with Gasteiger partial charge in [-0.25, -0.2) is 12.8 Å². The maximum atomic E-state index is 13.6. The van der Waals surface area contributed by atoms with Crippen LogP contribution in [0.1, 0.15) is 12.0 Å². The molecule has 0 fully saturated rings. The highest BCUT2D eigenvalue weighted by Crippen LogP contribution is 2.33. The first kappa shape index (κ1) is 21.8. The van der Waals surface area contributed by atoms with Gasteiger partial charge in [0, 0.05) is 12.2 Å². The Morgan fingerprint density at radius 1 is 1.03 bits per heavy atom. The summed E-state index contributed by atoms with van der Waals surface area (Å²) in [7, 11) is -2.74. The summed E-state index contributed by atoms with van der Waals surface area (Å²) in [5, 5.41) is 0. The lowest BCUT2D eigenvalue weighted by molar-refractivity contribution is -0.117. The van der Waals surface area contributed by atoms with Crippen LogP contribution in [0.2, 0.25) is 0 Å². The first-order valence-corrected chi connectivity index (χ1v) is 11.7. The molecule has 0 saturated carbocycles. The van der Waals surface area contributed by atoms with E-state index in [2.05, 4.69) is 0 Å². The quantitative estimate of drug-likeness (QED) is 0.565. The number of fused-ring (bicyclic) bond motifs is 1. The maximum Gasteiger partial charge on any atom is 0.264 e. The van der Waals surface area contributed by atoms with Crippen LogP contribution in [0.5, 0.6) is 5.75 Å². The number of carbonyl (C=O) groups excluding carboxylic acids is 1. The second-order valence-electron chi connectivity index (χ2n) is 7.42. The molecule has 6 nitrogen and oxygen atoms in total. The molecule has 8 heteroatoms. The van der Waals surface area contributed by atoms with Crippen molar-refractivity contribution in [2.75, 3.05) is 29.4 Å². The minimum Gasteiger partial charge on any atom is -0.495 e. The molecule has 1 heterocycles.